The van der Waals surface area contributed by atoms with Gasteiger partial charge in [0.2, 0.25) is 0 Å². The molecule has 198 valence electrons. The number of rotatable bonds is 5. The van der Waals surface area contributed by atoms with Crippen LogP contribution in [0.5, 0.6) is 0 Å². The smallest absolute Gasteiger partial charge is 0.409 e. The molecule has 8 nitrogen and oxygen atoms in total. The number of amides is 2. The molecule has 3 aromatic rings. The molecule has 1 aliphatic rings. The molecule has 1 aromatic heterocycles. The number of hydrogen-bond donors (Lipinski definition) is 1. The topological polar surface area (TPSA) is 84.2 Å². The Morgan fingerprint density at radius 2 is 1.92 bits per heavy atom. The Morgan fingerprint density at radius 1 is 1.22 bits per heavy atom. The number of aryl methyl sites for hydroxylation is 1. The number of carbonyl (C=O) groups excluding carboxylic acids is 2. The minimum absolute atomic E-state index is 0.127. The normalized spacial score (nSPS) is 19.1. The van der Waals surface area contributed by atoms with Crippen LogP contribution in [0.25, 0.3) is 22.0 Å². The molecule has 3 atom stereocenters. The molecule has 0 spiro atoms. The van der Waals surface area contributed by atoms with E-state index in [0.29, 0.717) is 32.0 Å². The lowest BCUT2D eigenvalue weighted by Gasteiger charge is -2.34. The summed E-state index contributed by atoms with van der Waals surface area (Å²) in [6.45, 7) is 6.76. The second kappa shape index (κ2) is 11.4. The van der Waals surface area contributed by atoms with E-state index < -0.39 is 12.1 Å². The summed E-state index contributed by atoms with van der Waals surface area (Å²) in [5, 5.41) is 11.1. The monoisotopic (exact) mass is 507 g/mol. The van der Waals surface area contributed by atoms with Gasteiger partial charge in [0.25, 0.3) is 5.91 Å². The number of ether oxygens (including phenoxy) is 2. The van der Waals surface area contributed by atoms with E-state index in [9.17, 15) is 14.7 Å². The first-order chi connectivity index (χ1) is 17.8. The molecule has 2 amide bonds. The molecule has 37 heavy (non-hydrogen) atoms. The van der Waals surface area contributed by atoms with E-state index in [4.69, 9.17) is 9.47 Å². The van der Waals surface area contributed by atoms with E-state index in [1.54, 1.807) is 18.9 Å². The predicted octanol–water partition coefficient (Wildman–Crippen LogP) is 4.29. The molecular formula is C29H37N3O5. The second-order valence-corrected chi connectivity index (χ2v) is 9.85. The average Bonchev–Trinajstić information content (AvgIpc) is 3.20. The molecule has 2 aromatic carbocycles. The van der Waals surface area contributed by atoms with Crippen LogP contribution in [0, 0.1) is 5.92 Å². The van der Waals surface area contributed by atoms with Crippen molar-refractivity contribution in [2.24, 2.45) is 13.0 Å². The number of likely N-dealkylation sites (N-methyl/N-ethyl adjacent to an activating group) is 1. The number of hydrogen-bond acceptors (Lipinski definition) is 5. The molecular weight excluding hydrogens is 470 g/mol. The molecule has 8 heteroatoms. The lowest BCUT2D eigenvalue weighted by Crippen LogP contribution is -2.48. The van der Waals surface area contributed by atoms with Gasteiger partial charge in [0.15, 0.2) is 0 Å². The highest BCUT2D eigenvalue weighted by molar-refractivity contribution is 6.10. The fourth-order valence-electron chi connectivity index (χ4n) is 5.10. The van der Waals surface area contributed by atoms with Crippen LogP contribution in [0.4, 0.5) is 4.79 Å². The van der Waals surface area contributed by atoms with Crippen molar-refractivity contribution in [2.75, 3.05) is 33.4 Å². The van der Waals surface area contributed by atoms with E-state index in [0.717, 1.165) is 27.6 Å². The Kier molecular flexibility index (Phi) is 8.19. The SMILES string of the molecule is CCOC(=O)N(C)C[C@H]1OCc2ccccc2-c2c(n(C)c3ccccc23)C(=O)N([C@H](C)CO)C[C@H]1C. The molecule has 0 radical (unpaired) electrons. The highest BCUT2D eigenvalue weighted by Gasteiger charge is 2.34. The minimum Gasteiger partial charge on any atom is -0.450 e. The summed E-state index contributed by atoms with van der Waals surface area (Å²) in [6, 6.07) is 15.6. The van der Waals surface area contributed by atoms with Gasteiger partial charge in [0, 0.05) is 43.0 Å². The van der Waals surface area contributed by atoms with Crippen LogP contribution in [0.2, 0.25) is 0 Å². The van der Waals surface area contributed by atoms with Crippen molar-refractivity contribution in [1.29, 1.82) is 0 Å². The van der Waals surface area contributed by atoms with Crippen LogP contribution in [0.15, 0.2) is 48.5 Å². The zero-order valence-electron chi connectivity index (χ0n) is 22.3. The maximum atomic E-state index is 14.3. The Hall–Kier alpha value is -3.36. The van der Waals surface area contributed by atoms with Crippen LogP contribution in [0.3, 0.4) is 0 Å². The first-order valence-electron chi connectivity index (χ1n) is 12.8. The maximum absolute atomic E-state index is 14.3. The van der Waals surface area contributed by atoms with Gasteiger partial charge in [-0.3, -0.25) is 4.79 Å². The van der Waals surface area contributed by atoms with Crippen molar-refractivity contribution in [3.05, 3.63) is 59.8 Å². The predicted molar refractivity (Wildman–Crippen MR) is 143 cm³/mol. The number of aromatic nitrogens is 1. The van der Waals surface area contributed by atoms with Crippen molar-refractivity contribution in [1.82, 2.24) is 14.4 Å². The molecule has 1 N–H and O–H groups in total. The summed E-state index contributed by atoms with van der Waals surface area (Å²) < 4.78 is 13.6. The molecule has 4 rings (SSSR count). The van der Waals surface area contributed by atoms with Gasteiger partial charge in [-0.05, 0) is 31.0 Å². The van der Waals surface area contributed by atoms with Gasteiger partial charge in [-0.2, -0.15) is 0 Å². The molecule has 0 saturated carbocycles. The number of aliphatic hydroxyl groups is 1. The van der Waals surface area contributed by atoms with Gasteiger partial charge in [-0.15, -0.1) is 0 Å². The van der Waals surface area contributed by atoms with Crippen LogP contribution < -0.4 is 0 Å². The number of nitrogens with zero attached hydrogens (tertiary/aromatic N) is 3. The van der Waals surface area contributed by atoms with Gasteiger partial charge in [-0.25, -0.2) is 4.79 Å². The van der Waals surface area contributed by atoms with Gasteiger partial charge in [0.05, 0.1) is 38.5 Å². The van der Waals surface area contributed by atoms with Gasteiger partial charge < -0.3 is 28.9 Å². The molecule has 0 saturated heterocycles. The summed E-state index contributed by atoms with van der Waals surface area (Å²) in [5.41, 5.74) is 4.32. The number of benzene rings is 2. The average molecular weight is 508 g/mol. The van der Waals surface area contributed by atoms with E-state index in [1.807, 2.05) is 74.0 Å². The highest BCUT2D eigenvalue weighted by Crippen LogP contribution is 2.38. The van der Waals surface area contributed by atoms with E-state index in [2.05, 4.69) is 0 Å². The molecule has 0 aliphatic carbocycles. The van der Waals surface area contributed by atoms with E-state index >= 15 is 0 Å². The number of fused-ring (bicyclic) bond motifs is 5. The molecule has 1 aliphatic heterocycles. The number of carbonyl (C=O) groups is 2. The van der Waals surface area contributed by atoms with Crippen molar-refractivity contribution in [2.45, 2.75) is 39.5 Å². The van der Waals surface area contributed by atoms with Crippen molar-refractivity contribution < 1.29 is 24.2 Å². The number of para-hydroxylation sites is 1. The van der Waals surface area contributed by atoms with Crippen LogP contribution in [-0.4, -0.2) is 77.0 Å². The largest absolute Gasteiger partial charge is 0.450 e. The Bertz CT molecular complexity index is 1270. The zero-order valence-corrected chi connectivity index (χ0v) is 22.3. The third-order valence-electron chi connectivity index (χ3n) is 7.26. The Balaban J connectivity index is 1.87. The number of aliphatic hydroxyl groups excluding tert-OH is 1. The summed E-state index contributed by atoms with van der Waals surface area (Å²) in [7, 11) is 3.61. The van der Waals surface area contributed by atoms with Crippen molar-refractivity contribution >= 4 is 22.9 Å². The molecule has 0 fully saturated rings. The fraction of sp³-hybridized carbons (Fsp3) is 0.448. The quantitative estimate of drug-likeness (QED) is 0.557. The van der Waals surface area contributed by atoms with Crippen molar-refractivity contribution in [3.8, 4) is 11.1 Å². The van der Waals surface area contributed by atoms with Crippen LogP contribution in [0.1, 0.15) is 36.8 Å². The lowest BCUT2D eigenvalue weighted by atomic mass is 9.96. The fourth-order valence-corrected chi connectivity index (χ4v) is 5.10. The first-order valence-corrected chi connectivity index (χ1v) is 12.8. The summed E-state index contributed by atoms with van der Waals surface area (Å²) in [5.74, 6) is -0.269. The van der Waals surface area contributed by atoms with Gasteiger partial charge >= 0.3 is 6.09 Å². The van der Waals surface area contributed by atoms with E-state index in [-0.39, 0.29) is 24.5 Å². The summed E-state index contributed by atoms with van der Waals surface area (Å²) >= 11 is 0. The highest BCUT2D eigenvalue weighted by atomic mass is 16.6. The minimum atomic E-state index is -0.413. The van der Waals surface area contributed by atoms with Crippen molar-refractivity contribution in [3.63, 3.8) is 0 Å². The van der Waals surface area contributed by atoms with Crippen LogP contribution >= 0.6 is 0 Å². The molecule has 0 unspecified atom stereocenters. The standard InChI is InChI=1S/C29H37N3O5/c1-6-36-29(35)30(4)16-25-19(2)15-32(20(3)17-33)28(34)27-26(22-12-8-7-11-21(22)18-37-25)23-13-9-10-14-24(23)31(27)5/h7-14,19-20,25,33H,6,15-18H2,1-5H3/t19-,20-,25-/m1/s1. The van der Waals surface area contributed by atoms with Gasteiger partial charge in [-0.1, -0.05) is 49.4 Å². The van der Waals surface area contributed by atoms with E-state index in [1.165, 1.54) is 4.90 Å². The third kappa shape index (κ3) is 5.22. The summed E-state index contributed by atoms with van der Waals surface area (Å²) in [4.78, 5) is 29.9. The molecule has 2 heterocycles. The third-order valence-corrected chi connectivity index (χ3v) is 7.26. The first kappa shape index (κ1) is 26.7. The Labute approximate surface area is 218 Å². The second-order valence-electron chi connectivity index (χ2n) is 9.85. The Morgan fingerprint density at radius 3 is 2.65 bits per heavy atom. The molecule has 0 bridgehead atoms. The van der Waals surface area contributed by atoms with Gasteiger partial charge in [0.1, 0.15) is 5.69 Å². The maximum Gasteiger partial charge on any atom is 0.409 e. The van der Waals surface area contributed by atoms with Crippen LogP contribution in [-0.2, 0) is 23.1 Å². The summed E-state index contributed by atoms with van der Waals surface area (Å²) in [6.07, 6.45) is -0.773. The zero-order chi connectivity index (χ0) is 26.7. The lowest BCUT2D eigenvalue weighted by molar-refractivity contribution is -0.0228.